The lowest BCUT2D eigenvalue weighted by atomic mass is 10.3. The molecule has 5 nitrogen and oxygen atoms in total. The van der Waals surface area contributed by atoms with Crippen LogP contribution in [0.2, 0.25) is 0 Å². The minimum atomic E-state index is 0.170. The molecule has 1 aromatic carbocycles. The van der Waals surface area contributed by atoms with E-state index in [0.717, 1.165) is 26.1 Å². The average molecular weight is 368 g/mol. The highest BCUT2D eigenvalue weighted by molar-refractivity contribution is 14.1. The maximum absolute atomic E-state index is 8.84. The van der Waals surface area contributed by atoms with Crippen molar-refractivity contribution in [2.24, 2.45) is 0 Å². The van der Waals surface area contributed by atoms with E-state index in [4.69, 9.17) is 5.11 Å². The second kappa shape index (κ2) is 5.30. The van der Waals surface area contributed by atoms with E-state index in [-0.39, 0.29) is 6.61 Å². The van der Waals surface area contributed by atoms with Crippen molar-refractivity contribution < 1.29 is 5.11 Å². The fourth-order valence-corrected chi connectivity index (χ4v) is 2.51. The number of anilines is 1. The molecule has 3 aromatic rings. The molecule has 2 heterocycles. The number of hydrogen-bond donors (Lipinski definition) is 2. The Balaban J connectivity index is 2.15. The molecule has 6 heteroatoms. The second-order valence-corrected chi connectivity index (χ2v) is 5.46. The Labute approximate surface area is 123 Å². The van der Waals surface area contributed by atoms with Crippen molar-refractivity contribution >= 4 is 45.1 Å². The van der Waals surface area contributed by atoms with Gasteiger partial charge in [0, 0.05) is 29.1 Å². The van der Waals surface area contributed by atoms with Crippen LogP contribution in [-0.4, -0.2) is 32.6 Å². The summed E-state index contributed by atoms with van der Waals surface area (Å²) in [6, 6.07) is 6.16. The van der Waals surface area contributed by atoms with Gasteiger partial charge in [-0.05, 0) is 47.2 Å². The van der Waals surface area contributed by atoms with Crippen LogP contribution in [0.3, 0.4) is 0 Å². The zero-order valence-electron chi connectivity index (χ0n) is 10.2. The maximum Gasteiger partial charge on any atom is 0.180 e. The monoisotopic (exact) mass is 368 g/mol. The van der Waals surface area contributed by atoms with E-state index in [2.05, 4.69) is 50.0 Å². The van der Waals surface area contributed by atoms with Crippen molar-refractivity contribution in [1.82, 2.24) is 14.4 Å². The molecule has 0 atom stereocenters. The Morgan fingerprint density at radius 3 is 3.11 bits per heavy atom. The van der Waals surface area contributed by atoms with Gasteiger partial charge in [0.25, 0.3) is 0 Å². The molecule has 0 aliphatic heterocycles. The predicted octanol–water partition coefficient (Wildman–Crippen LogP) is 2.28. The Morgan fingerprint density at radius 2 is 2.26 bits per heavy atom. The number of benzene rings is 1. The Bertz CT molecular complexity index is 725. The number of halogens is 1. The summed E-state index contributed by atoms with van der Waals surface area (Å²) in [5.41, 5.74) is 2.79. The summed E-state index contributed by atoms with van der Waals surface area (Å²) in [6.45, 7) is 0.852. The van der Waals surface area contributed by atoms with E-state index in [0.29, 0.717) is 13.0 Å². The third kappa shape index (κ3) is 2.37. The molecule has 0 radical (unpaired) electrons. The first-order valence-electron chi connectivity index (χ1n) is 6.06. The van der Waals surface area contributed by atoms with Crippen LogP contribution in [0.15, 0.2) is 30.6 Å². The fourth-order valence-electron chi connectivity index (χ4n) is 2.04. The molecule has 0 spiro atoms. The quantitative estimate of drug-likeness (QED) is 0.548. The molecule has 2 N–H and O–H groups in total. The van der Waals surface area contributed by atoms with Crippen LogP contribution >= 0.6 is 22.6 Å². The number of nitrogens with one attached hydrogen (secondary N) is 1. The zero-order chi connectivity index (χ0) is 13.2. The smallest absolute Gasteiger partial charge is 0.180 e. The van der Waals surface area contributed by atoms with E-state index in [1.807, 2.05) is 16.7 Å². The van der Waals surface area contributed by atoms with Gasteiger partial charge in [0.1, 0.15) is 0 Å². The van der Waals surface area contributed by atoms with E-state index < -0.39 is 0 Å². The number of hydrogen-bond acceptors (Lipinski definition) is 4. The fraction of sp³-hybridized carbons (Fsp3) is 0.231. The second-order valence-electron chi connectivity index (χ2n) is 4.22. The molecule has 3 rings (SSSR count). The Hall–Kier alpha value is -1.41. The summed E-state index contributed by atoms with van der Waals surface area (Å²) in [6.07, 6.45) is 4.40. The van der Waals surface area contributed by atoms with Gasteiger partial charge in [0.2, 0.25) is 0 Å². The summed E-state index contributed by atoms with van der Waals surface area (Å²) in [5.74, 6) is 0.757. The first-order chi connectivity index (χ1) is 9.29. The van der Waals surface area contributed by atoms with Gasteiger partial charge in [-0.3, -0.25) is 4.40 Å². The number of imidazole rings is 1. The predicted molar refractivity (Wildman–Crippen MR) is 83.4 cm³/mol. The molecule has 0 amide bonds. The van der Waals surface area contributed by atoms with E-state index in [1.54, 1.807) is 6.20 Å². The van der Waals surface area contributed by atoms with E-state index in [1.165, 1.54) is 0 Å². The van der Waals surface area contributed by atoms with E-state index >= 15 is 0 Å². The highest BCUT2D eigenvalue weighted by Gasteiger charge is 2.09. The highest BCUT2D eigenvalue weighted by atomic mass is 127. The molecular weight excluding hydrogens is 355 g/mol. The third-order valence-electron chi connectivity index (χ3n) is 2.91. The summed E-state index contributed by atoms with van der Waals surface area (Å²) in [4.78, 5) is 8.97. The van der Waals surface area contributed by atoms with Crippen molar-refractivity contribution in [2.45, 2.75) is 6.42 Å². The molecule has 19 heavy (non-hydrogen) atoms. The molecule has 0 saturated heterocycles. The van der Waals surface area contributed by atoms with Crippen molar-refractivity contribution in [3.05, 3.63) is 34.2 Å². The van der Waals surface area contributed by atoms with Gasteiger partial charge in [-0.15, -0.1) is 0 Å². The van der Waals surface area contributed by atoms with Crippen LogP contribution in [0.25, 0.3) is 16.7 Å². The van der Waals surface area contributed by atoms with Crippen LogP contribution in [0.1, 0.15) is 6.42 Å². The summed E-state index contributed by atoms with van der Waals surface area (Å²) >= 11 is 2.28. The Morgan fingerprint density at radius 1 is 1.37 bits per heavy atom. The molecule has 0 bridgehead atoms. The van der Waals surface area contributed by atoms with Crippen molar-refractivity contribution in [1.29, 1.82) is 0 Å². The van der Waals surface area contributed by atoms with Crippen LogP contribution in [-0.2, 0) is 0 Å². The van der Waals surface area contributed by atoms with Crippen molar-refractivity contribution in [3.63, 3.8) is 0 Å². The lowest BCUT2D eigenvalue weighted by Gasteiger charge is -2.09. The summed E-state index contributed by atoms with van der Waals surface area (Å²) < 4.78 is 3.18. The minimum absolute atomic E-state index is 0.170. The number of fused-ring (bicyclic) bond motifs is 3. The van der Waals surface area contributed by atoms with Crippen LogP contribution in [0.5, 0.6) is 0 Å². The number of aliphatic hydroxyl groups excluding tert-OH is 1. The first-order valence-corrected chi connectivity index (χ1v) is 7.14. The molecule has 0 saturated carbocycles. The largest absolute Gasteiger partial charge is 0.396 e. The lowest BCUT2D eigenvalue weighted by molar-refractivity contribution is 0.292. The maximum atomic E-state index is 8.84. The van der Waals surface area contributed by atoms with Gasteiger partial charge in [-0.1, -0.05) is 0 Å². The van der Waals surface area contributed by atoms with Gasteiger partial charge < -0.3 is 10.4 Å². The number of aliphatic hydroxyl groups is 1. The lowest BCUT2D eigenvalue weighted by Crippen LogP contribution is -2.07. The number of nitrogens with zero attached hydrogens (tertiary/aromatic N) is 3. The first kappa shape index (κ1) is 12.6. The molecule has 0 aliphatic carbocycles. The zero-order valence-corrected chi connectivity index (χ0v) is 12.3. The van der Waals surface area contributed by atoms with Crippen molar-refractivity contribution in [2.75, 3.05) is 18.5 Å². The van der Waals surface area contributed by atoms with Gasteiger partial charge in [-0.25, -0.2) is 9.97 Å². The molecular formula is C13H13IN4O. The SMILES string of the molecule is OCCCNc1nc2cc(I)ccc2n2ccnc12. The van der Waals surface area contributed by atoms with Gasteiger partial charge >= 0.3 is 0 Å². The van der Waals surface area contributed by atoms with Crippen LogP contribution in [0.4, 0.5) is 5.82 Å². The molecule has 2 aromatic heterocycles. The highest BCUT2D eigenvalue weighted by Crippen LogP contribution is 2.22. The molecule has 0 fully saturated rings. The summed E-state index contributed by atoms with van der Waals surface area (Å²) in [5, 5.41) is 12.1. The van der Waals surface area contributed by atoms with Gasteiger partial charge in [0.15, 0.2) is 11.5 Å². The molecule has 0 unspecified atom stereocenters. The van der Waals surface area contributed by atoms with Crippen LogP contribution < -0.4 is 5.32 Å². The normalized spacial score (nSPS) is 11.3. The Kier molecular flexibility index (Phi) is 3.52. The minimum Gasteiger partial charge on any atom is -0.396 e. The van der Waals surface area contributed by atoms with Gasteiger partial charge in [0.05, 0.1) is 11.0 Å². The average Bonchev–Trinajstić information content (AvgIpc) is 2.88. The third-order valence-corrected chi connectivity index (χ3v) is 3.58. The summed E-state index contributed by atoms with van der Waals surface area (Å²) in [7, 11) is 0. The van der Waals surface area contributed by atoms with E-state index in [9.17, 15) is 0 Å². The topological polar surface area (TPSA) is 62.5 Å². The molecule has 98 valence electrons. The van der Waals surface area contributed by atoms with Gasteiger partial charge in [-0.2, -0.15) is 0 Å². The van der Waals surface area contributed by atoms with Crippen molar-refractivity contribution in [3.8, 4) is 0 Å². The number of aromatic nitrogens is 3. The van der Waals surface area contributed by atoms with Crippen LogP contribution in [0, 0.1) is 3.57 Å². The standard InChI is InChI=1S/C13H13IN4O/c14-9-2-3-11-10(8-9)17-12(15-4-1-7-19)13-16-5-6-18(11)13/h2-3,5-6,8,19H,1,4,7H2,(H,15,17). The molecule has 0 aliphatic rings. The number of rotatable bonds is 4.